The molecule has 1 fully saturated rings. The maximum atomic E-state index is 9.05. The smallest absolute Gasteiger partial charge is 0.0582 e. The summed E-state index contributed by atoms with van der Waals surface area (Å²) in [5.74, 6) is 0. The second kappa shape index (κ2) is 10.4. The minimum absolute atomic E-state index is 0.0653. The Morgan fingerprint density at radius 3 is 2.81 bits per heavy atom. The number of aryl methyl sites for hydroxylation is 2. The van der Waals surface area contributed by atoms with Crippen LogP contribution in [0, 0.1) is 0 Å². The van der Waals surface area contributed by atoms with E-state index in [0.717, 1.165) is 32.3 Å². The van der Waals surface area contributed by atoms with Gasteiger partial charge >= 0.3 is 0 Å². The van der Waals surface area contributed by atoms with Crippen molar-refractivity contribution in [3.8, 4) is 0 Å². The molecule has 1 atom stereocenters. The van der Waals surface area contributed by atoms with Gasteiger partial charge in [-0.15, -0.1) is 11.3 Å². The lowest BCUT2D eigenvalue weighted by molar-refractivity contribution is 0.0265. The standard InChI is InChI=1S/C22H33NO2S/c23-19(15-24)11-9-17-10-12-21-18(16-26-22(21)14-17)6-4-5-13-25-20-7-2-1-3-8-20/h10,12,14,16,19-20,24H,1-9,11,13,15,23H2/t19-/m1/s1. The summed E-state index contributed by atoms with van der Waals surface area (Å²) in [7, 11) is 0. The first kappa shape index (κ1) is 19.8. The first-order valence-corrected chi connectivity index (χ1v) is 11.1. The Kier molecular flexibility index (Phi) is 7.93. The lowest BCUT2D eigenvalue weighted by Gasteiger charge is -2.21. The minimum Gasteiger partial charge on any atom is -0.395 e. The monoisotopic (exact) mass is 375 g/mol. The molecule has 3 N–H and O–H groups in total. The first-order valence-electron chi connectivity index (χ1n) is 10.2. The van der Waals surface area contributed by atoms with E-state index in [1.165, 1.54) is 59.7 Å². The fourth-order valence-electron chi connectivity index (χ4n) is 3.82. The Hall–Kier alpha value is -0.940. The highest BCUT2D eigenvalue weighted by Crippen LogP contribution is 2.29. The predicted octanol–water partition coefficient (Wildman–Crippen LogP) is 4.83. The molecule has 0 aliphatic heterocycles. The van der Waals surface area contributed by atoms with E-state index in [4.69, 9.17) is 15.6 Å². The van der Waals surface area contributed by atoms with Crippen LogP contribution in [0.1, 0.15) is 62.5 Å². The first-order chi connectivity index (χ1) is 12.8. The molecule has 0 saturated heterocycles. The van der Waals surface area contributed by atoms with Gasteiger partial charge in [0, 0.05) is 17.3 Å². The third-order valence-electron chi connectivity index (χ3n) is 5.50. The number of hydrogen-bond donors (Lipinski definition) is 2. The van der Waals surface area contributed by atoms with Crippen molar-refractivity contribution < 1.29 is 9.84 Å². The van der Waals surface area contributed by atoms with Crippen molar-refractivity contribution in [2.45, 2.75) is 76.4 Å². The van der Waals surface area contributed by atoms with Crippen molar-refractivity contribution in [1.29, 1.82) is 0 Å². The number of fused-ring (bicyclic) bond motifs is 1. The molecule has 3 rings (SSSR count). The van der Waals surface area contributed by atoms with Gasteiger partial charge in [0.1, 0.15) is 0 Å². The minimum atomic E-state index is -0.111. The summed E-state index contributed by atoms with van der Waals surface area (Å²) >= 11 is 1.84. The zero-order valence-electron chi connectivity index (χ0n) is 15.8. The van der Waals surface area contributed by atoms with E-state index in [-0.39, 0.29) is 12.6 Å². The number of thiophene rings is 1. The summed E-state index contributed by atoms with van der Waals surface area (Å²) in [5, 5.41) is 12.8. The second-order valence-corrected chi connectivity index (χ2v) is 8.57. The molecule has 4 heteroatoms. The number of ether oxygens (including phenoxy) is 1. The summed E-state index contributed by atoms with van der Waals surface area (Å²) in [6.07, 6.45) is 12.4. The number of hydrogen-bond acceptors (Lipinski definition) is 4. The van der Waals surface area contributed by atoms with Gasteiger partial charge in [-0.3, -0.25) is 0 Å². The third-order valence-corrected chi connectivity index (χ3v) is 6.50. The van der Waals surface area contributed by atoms with Crippen LogP contribution in [0.2, 0.25) is 0 Å². The van der Waals surface area contributed by atoms with Crippen molar-refractivity contribution in [3.63, 3.8) is 0 Å². The van der Waals surface area contributed by atoms with Crippen molar-refractivity contribution in [2.24, 2.45) is 5.73 Å². The largest absolute Gasteiger partial charge is 0.395 e. The van der Waals surface area contributed by atoms with Crippen LogP contribution in [-0.4, -0.2) is 30.5 Å². The van der Waals surface area contributed by atoms with Crippen LogP contribution in [-0.2, 0) is 17.6 Å². The van der Waals surface area contributed by atoms with Gasteiger partial charge in [0.15, 0.2) is 0 Å². The van der Waals surface area contributed by atoms with Crippen LogP contribution < -0.4 is 5.73 Å². The van der Waals surface area contributed by atoms with Crippen LogP contribution in [0.15, 0.2) is 23.6 Å². The van der Waals surface area contributed by atoms with E-state index < -0.39 is 0 Å². The Morgan fingerprint density at radius 2 is 2.00 bits per heavy atom. The van der Waals surface area contributed by atoms with Gasteiger partial charge in [-0.1, -0.05) is 31.4 Å². The number of aliphatic hydroxyl groups is 1. The summed E-state index contributed by atoms with van der Waals surface area (Å²) < 4.78 is 7.40. The number of benzene rings is 1. The Labute approximate surface area is 161 Å². The molecule has 1 aromatic carbocycles. The summed E-state index contributed by atoms with van der Waals surface area (Å²) in [5.41, 5.74) is 8.60. The van der Waals surface area contributed by atoms with E-state index in [1.54, 1.807) is 0 Å². The van der Waals surface area contributed by atoms with E-state index >= 15 is 0 Å². The van der Waals surface area contributed by atoms with Gasteiger partial charge in [-0.2, -0.15) is 0 Å². The summed E-state index contributed by atoms with van der Waals surface area (Å²) in [6.45, 7) is 0.984. The molecular formula is C22H33NO2S. The van der Waals surface area contributed by atoms with Gasteiger partial charge < -0.3 is 15.6 Å². The quantitative estimate of drug-likeness (QED) is 0.585. The van der Waals surface area contributed by atoms with Gasteiger partial charge in [-0.05, 0) is 72.9 Å². The molecule has 1 aromatic heterocycles. The molecule has 26 heavy (non-hydrogen) atoms. The fraction of sp³-hybridized carbons (Fsp3) is 0.636. The molecule has 144 valence electrons. The topological polar surface area (TPSA) is 55.5 Å². The van der Waals surface area contributed by atoms with Crippen LogP contribution in [0.25, 0.3) is 10.1 Å². The normalized spacial score (nSPS) is 17.0. The third kappa shape index (κ3) is 5.78. The van der Waals surface area contributed by atoms with Crippen molar-refractivity contribution in [2.75, 3.05) is 13.2 Å². The number of unbranched alkanes of at least 4 members (excludes halogenated alkanes) is 1. The SMILES string of the molecule is N[C@@H](CO)CCc1ccc2c(CCCCOC3CCCCC3)csc2c1. The average molecular weight is 376 g/mol. The summed E-state index contributed by atoms with van der Waals surface area (Å²) in [4.78, 5) is 0. The summed E-state index contributed by atoms with van der Waals surface area (Å²) in [6, 6.07) is 6.66. The van der Waals surface area contributed by atoms with E-state index in [2.05, 4.69) is 23.6 Å². The maximum absolute atomic E-state index is 9.05. The van der Waals surface area contributed by atoms with Crippen LogP contribution >= 0.6 is 11.3 Å². The molecule has 1 saturated carbocycles. The molecule has 0 unspecified atom stereocenters. The van der Waals surface area contributed by atoms with E-state index in [1.807, 2.05) is 11.3 Å². The number of nitrogens with two attached hydrogens (primary N) is 1. The van der Waals surface area contributed by atoms with Crippen molar-refractivity contribution in [1.82, 2.24) is 0 Å². The van der Waals surface area contributed by atoms with E-state index in [9.17, 15) is 0 Å². The zero-order valence-corrected chi connectivity index (χ0v) is 16.6. The maximum Gasteiger partial charge on any atom is 0.0582 e. The van der Waals surface area contributed by atoms with E-state index in [0.29, 0.717) is 6.10 Å². The molecular weight excluding hydrogens is 342 g/mol. The highest BCUT2D eigenvalue weighted by molar-refractivity contribution is 7.17. The molecule has 1 heterocycles. The molecule has 0 bridgehead atoms. The molecule has 0 amide bonds. The number of aliphatic hydroxyl groups excluding tert-OH is 1. The highest BCUT2D eigenvalue weighted by atomic mass is 32.1. The molecule has 2 aromatic rings. The second-order valence-electron chi connectivity index (χ2n) is 7.66. The molecule has 3 nitrogen and oxygen atoms in total. The molecule has 0 spiro atoms. The Morgan fingerprint density at radius 1 is 1.15 bits per heavy atom. The van der Waals surface area contributed by atoms with Gasteiger partial charge in [0.2, 0.25) is 0 Å². The Balaban J connectivity index is 1.43. The lowest BCUT2D eigenvalue weighted by atomic mass is 9.98. The van der Waals surface area contributed by atoms with Crippen LogP contribution in [0.5, 0.6) is 0 Å². The van der Waals surface area contributed by atoms with Crippen LogP contribution in [0.4, 0.5) is 0 Å². The fourth-order valence-corrected chi connectivity index (χ4v) is 4.88. The zero-order chi connectivity index (χ0) is 18.2. The van der Waals surface area contributed by atoms with Gasteiger partial charge in [0.05, 0.1) is 12.7 Å². The van der Waals surface area contributed by atoms with Crippen molar-refractivity contribution in [3.05, 3.63) is 34.7 Å². The molecule has 1 aliphatic rings. The predicted molar refractivity (Wildman–Crippen MR) is 111 cm³/mol. The number of rotatable bonds is 10. The molecule has 1 aliphatic carbocycles. The Bertz CT molecular complexity index is 663. The van der Waals surface area contributed by atoms with Crippen molar-refractivity contribution >= 4 is 21.4 Å². The van der Waals surface area contributed by atoms with Crippen LogP contribution in [0.3, 0.4) is 0 Å². The van der Waals surface area contributed by atoms with Gasteiger partial charge in [-0.25, -0.2) is 0 Å². The molecule has 0 radical (unpaired) electrons. The highest BCUT2D eigenvalue weighted by Gasteiger charge is 2.13. The lowest BCUT2D eigenvalue weighted by Crippen LogP contribution is -2.24. The van der Waals surface area contributed by atoms with Gasteiger partial charge in [0.25, 0.3) is 0 Å². The average Bonchev–Trinajstić information content (AvgIpc) is 3.09.